The fourth-order valence-corrected chi connectivity index (χ4v) is 4.00. The lowest BCUT2D eigenvalue weighted by atomic mass is 9.98. The Morgan fingerprint density at radius 3 is 2.21 bits per heavy atom. The highest BCUT2D eigenvalue weighted by Crippen LogP contribution is 2.44. The van der Waals surface area contributed by atoms with Crippen LogP contribution in [0.2, 0.25) is 0 Å². The van der Waals surface area contributed by atoms with E-state index >= 15 is 0 Å². The molecule has 3 N–H and O–H groups in total. The molecular formula is C25H30N2O7. The lowest BCUT2D eigenvalue weighted by molar-refractivity contribution is -0.138. The van der Waals surface area contributed by atoms with Gasteiger partial charge in [-0.15, -0.1) is 0 Å². The first kappa shape index (κ1) is 25.2. The van der Waals surface area contributed by atoms with E-state index in [4.69, 9.17) is 19.3 Å². The van der Waals surface area contributed by atoms with Crippen molar-refractivity contribution < 1.29 is 33.7 Å². The number of ether oxygens (including phenoxy) is 3. The van der Waals surface area contributed by atoms with Crippen LogP contribution < -0.4 is 10.6 Å². The van der Waals surface area contributed by atoms with Gasteiger partial charge in [-0.1, -0.05) is 48.5 Å². The summed E-state index contributed by atoms with van der Waals surface area (Å²) in [7, 11) is 1.43. The average Bonchev–Trinajstić information content (AvgIpc) is 3.13. The average molecular weight is 471 g/mol. The number of carboxylic acid groups (broad SMARTS) is 1. The normalized spacial score (nSPS) is 13.9. The third-order valence-electron chi connectivity index (χ3n) is 5.65. The van der Waals surface area contributed by atoms with Crippen LogP contribution in [0.5, 0.6) is 0 Å². The van der Waals surface area contributed by atoms with Crippen molar-refractivity contribution in [3.05, 3.63) is 59.7 Å². The standard InChI is InChI=1S/C25H30N2O7/c1-25(16-32-2,23(30)26-12-14-33-13-11-22(28)29)27-24(31)34-15-21-19-9-5-3-7-17(19)18-8-4-6-10-20(18)21/h3-10,21H,11-16H2,1-2H3,(H,26,30)(H,27,31)(H,28,29). The fraction of sp³-hybridized carbons (Fsp3) is 0.400. The van der Waals surface area contributed by atoms with Crippen LogP contribution in [0.1, 0.15) is 30.4 Å². The van der Waals surface area contributed by atoms with Crippen molar-refractivity contribution in [1.82, 2.24) is 10.6 Å². The quantitative estimate of drug-likeness (QED) is 0.407. The number of hydrogen-bond acceptors (Lipinski definition) is 6. The van der Waals surface area contributed by atoms with Crippen molar-refractivity contribution >= 4 is 18.0 Å². The molecule has 2 aromatic rings. The number of carbonyl (C=O) groups is 3. The Bertz CT molecular complexity index is 980. The second-order valence-electron chi connectivity index (χ2n) is 8.23. The summed E-state index contributed by atoms with van der Waals surface area (Å²) >= 11 is 0. The van der Waals surface area contributed by atoms with Crippen LogP contribution in [0.25, 0.3) is 11.1 Å². The number of methoxy groups -OCH3 is 1. The van der Waals surface area contributed by atoms with E-state index in [-0.39, 0.29) is 45.3 Å². The molecule has 0 saturated carbocycles. The zero-order valence-electron chi connectivity index (χ0n) is 19.3. The number of carboxylic acids is 1. The summed E-state index contributed by atoms with van der Waals surface area (Å²) in [5.41, 5.74) is 3.08. The molecule has 2 amide bonds. The molecule has 1 unspecified atom stereocenters. The number of benzene rings is 2. The maximum absolute atomic E-state index is 12.7. The Hall–Kier alpha value is -3.43. The van der Waals surface area contributed by atoms with Gasteiger partial charge in [-0.3, -0.25) is 9.59 Å². The van der Waals surface area contributed by atoms with E-state index in [2.05, 4.69) is 22.8 Å². The number of nitrogens with one attached hydrogen (secondary N) is 2. The highest BCUT2D eigenvalue weighted by molar-refractivity contribution is 5.89. The largest absolute Gasteiger partial charge is 0.481 e. The smallest absolute Gasteiger partial charge is 0.408 e. The van der Waals surface area contributed by atoms with Gasteiger partial charge in [0.1, 0.15) is 12.1 Å². The zero-order valence-corrected chi connectivity index (χ0v) is 19.3. The number of fused-ring (bicyclic) bond motifs is 3. The molecule has 0 heterocycles. The molecule has 0 aliphatic heterocycles. The Labute approximate surface area is 198 Å². The van der Waals surface area contributed by atoms with Gasteiger partial charge in [-0.05, 0) is 29.2 Å². The number of hydrogen-bond donors (Lipinski definition) is 3. The van der Waals surface area contributed by atoms with Crippen LogP contribution in [-0.4, -0.2) is 68.7 Å². The zero-order chi connectivity index (χ0) is 24.6. The van der Waals surface area contributed by atoms with Crippen LogP contribution in [0.15, 0.2) is 48.5 Å². The van der Waals surface area contributed by atoms with Crippen molar-refractivity contribution in [2.45, 2.75) is 24.8 Å². The molecule has 0 radical (unpaired) electrons. The predicted molar refractivity (Wildman–Crippen MR) is 125 cm³/mol. The van der Waals surface area contributed by atoms with Crippen molar-refractivity contribution in [1.29, 1.82) is 0 Å². The second-order valence-corrected chi connectivity index (χ2v) is 8.23. The lowest BCUT2D eigenvalue weighted by Gasteiger charge is -2.28. The van der Waals surface area contributed by atoms with Crippen molar-refractivity contribution in [2.24, 2.45) is 0 Å². The van der Waals surface area contributed by atoms with E-state index in [1.165, 1.54) is 7.11 Å². The molecule has 2 aromatic carbocycles. The first-order chi connectivity index (χ1) is 16.4. The van der Waals surface area contributed by atoms with Crippen molar-refractivity contribution in [2.75, 3.05) is 40.1 Å². The third-order valence-corrected chi connectivity index (χ3v) is 5.65. The second kappa shape index (κ2) is 11.6. The maximum Gasteiger partial charge on any atom is 0.408 e. The molecule has 0 bridgehead atoms. The fourth-order valence-electron chi connectivity index (χ4n) is 4.00. The molecule has 0 saturated heterocycles. The molecule has 3 rings (SSSR count). The molecule has 1 atom stereocenters. The number of amides is 2. The summed E-state index contributed by atoms with van der Waals surface area (Å²) in [6.07, 6.45) is -0.840. The molecule has 34 heavy (non-hydrogen) atoms. The minimum atomic E-state index is -1.36. The van der Waals surface area contributed by atoms with Crippen molar-refractivity contribution in [3.63, 3.8) is 0 Å². The van der Waals surface area contributed by atoms with Gasteiger partial charge in [0.15, 0.2) is 0 Å². The van der Waals surface area contributed by atoms with E-state index in [1.807, 2.05) is 36.4 Å². The van der Waals surface area contributed by atoms with Gasteiger partial charge in [0, 0.05) is 19.6 Å². The van der Waals surface area contributed by atoms with Gasteiger partial charge >= 0.3 is 12.1 Å². The first-order valence-corrected chi connectivity index (χ1v) is 11.1. The molecular weight excluding hydrogens is 440 g/mol. The Kier molecular flexibility index (Phi) is 8.61. The summed E-state index contributed by atoms with van der Waals surface area (Å²) in [5.74, 6) is -1.52. The number of aliphatic carboxylic acids is 1. The molecule has 9 heteroatoms. The van der Waals surface area contributed by atoms with Gasteiger partial charge in [-0.2, -0.15) is 0 Å². The first-order valence-electron chi connectivity index (χ1n) is 11.1. The third kappa shape index (κ3) is 6.12. The number of rotatable bonds is 12. The van der Waals surface area contributed by atoms with Gasteiger partial charge < -0.3 is 30.0 Å². The van der Waals surface area contributed by atoms with E-state index < -0.39 is 23.5 Å². The summed E-state index contributed by atoms with van der Waals surface area (Å²) in [6.45, 7) is 1.96. The monoisotopic (exact) mass is 470 g/mol. The Balaban J connectivity index is 1.55. The summed E-state index contributed by atoms with van der Waals surface area (Å²) in [4.78, 5) is 35.8. The van der Waals surface area contributed by atoms with Crippen molar-refractivity contribution in [3.8, 4) is 11.1 Å². The van der Waals surface area contributed by atoms with E-state index in [0.717, 1.165) is 22.3 Å². The number of alkyl carbamates (subject to hydrolysis) is 1. The molecule has 9 nitrogen and oxygen atoms in total. The summed E-state index contributed by atoms with van der Waals surface area (Å²) < 4.78 is 15.9. The van der Waals surface area contributed by atoms with Crippen LogP contribution in [0, 0.1) is 0 Å². The molecule has 1 aliphatic rings. The topological polar surface area (TPSA) is 123 Å². The van der Waals surface area contributed by atoms with Gasteiger partial charge in [0.25, 0.3) is 0 Å². The van der Waals surface area contributed by atoms with Gasteiger partial charge in [0.05, 0.1) is 26.2 Å². The summed E-state index contributed by atoms with van der Waals surface area (Å²) in [6, 6.07) is 16.1. The summed E-state index contributed by atoms with van der Waals surface area (Å²) in [5, 5.41) is 13.9. The van der Waals surface area contributed by atoms with E-state index in [1.54, 1.807) is 6.92 Å². The van der Waals surface area contributed by atoms with Crippen LogP contribution in [-0.2, 0) is 23.8 Å². The highest BCUT2D eigenvalue weighted by atomic mass is 16.5. The van der Waals surface area contributed by atoms with E-state index in [0.29, 0.717) is 0 Å². The molecule has 182 valence electrons. The van der Waals surface area contributed by atoms with Crippen LogP contribution in [0.3, 0.4) is 0 Å². The Morgan fingerprint density at radius 2 is 1.62 bits per heavy atom. The molecule has 0 fully saturated rings. The number of carbonyl (C=O) groups excluding carboxylic acids is 2. The molecule has 0 spiro atoms. The Morgan fingerprint density at radius 1 is 1.00 bits per heavy atom. The minimum Gasteiger partial charge on any atom is -0.481 e. The lowest BCUT2D eigenvalue weighted by Crippen LogP contribution is -2.60. The highest BCUT2D eigenvalue weighted by Gasteiger charge is 2.36. The maximum atomic E-state index is 12.7. The van der Waals surface area contributed by atoms with Crippen LogP contribution >= 0.6 is 0 Å². The van der Waals surface area contributed by atoms with Gasteiger partial charge in [-0.25, -0.2) is 4.79 Å². The van der Waals surface area contributed by atoms with Crippen LogP contribution in [0.4, 0.5) is 4.79 Å². The van der Waals surface area contributed by atoms with Gasteiger partial charge in [0.2, 0.25) is 5.91 Å². The minimum absolute atomic E-state index is 0.0541. The molecule has 1 aliphatic carbocycles. The van der Waals surface area contributed by atoms with E-state index in [9.17, 15) is 14.4 Å². The molecule has 0 aromatic heterocycles. The predicted octanol–water partition coefficient (Wildman–Crippen LogP) is 2.54. The SMILES string of the molecule is COCC(C)(NC(=O)OCC1c2ccccc2-c2ccccc21)C(=O)NCCOCCC(=O)O.